The highest BCUT2D eigenvalue weighted by Gasteiger charge is 2.39. The van der Waals surface area contributed by atoms with Crippen molar-refractivity contribution in [3.05, 3.63) is 35.9 Å². The first-order valence-electron chi connectivity index (χ1n) is 7.31. The van der Waals surface area contributed by atoms with Crippen LogP contribution in [0.1, 0.15) is 11.6 Å². The molecule has 1 heterocycles. The minimum absolute atomic E-state index is 0.146. The zero-order valence-corrected chi connectivity index (χ0v) is 12.8. The summed E-state index contributed by atoms with van der Waals surface area (Å²) in [5, 5.41) is 12.0. The van der Waals surface area contributed by atoms with Crippen molar-refractivity contribution in [3.8, 4) is 0 Å². The van der Waals surface area contributed by atoms with Gasteiger partial charge < -0.3 is 15.3 Å². The van der Waals surface area contributed by atoms with Crippen LogP contribution in [0.5, 0.6) is 0 Å². The number of halogens is 3. The van der Waals surface area contributed by atoms with Crippen LogP contribution in [0.15, 0.2) is 30.3 Å². The molecule has 0 spiro atoms. The lowest BCUT2D eigenvalue weighted by atomic mass is 10.0. The number of hydrogen-bond donors (Lipinski definition) is 2. The number of likely N-dealkylation sites (N-methyl/N-ethyl adjacent to an activating group) is 1. The molecule has 0 radical (unpaired) electrons. The van der Waals surface area contributed by atoms with Gasteiger partial charge in [-0.3, -0.25) is 9.69 Å². The van der Waals surface area contributed by atoms with Crippen molar-refractivity contribution < 1.29 is 23.1 Å². The summed E-state index contributed by atoms with van der Waals surface area (Å²) in [6.07, 6.45) is -6.12. The van der Waals surface area contributed by atoms with Gasteiger partial charge in [0.15, 0.2) is 0 Å². The Kier molecular flexibility index (Phi) is 5.61. The number of carbonyl (C=O) groups excluding carboxylic acids is 1. The van der Waals surface area contributed by atoms with Crippen LogP contribution in [0, 0.1) is 0 Å². The number of piperazine rings is 1. The van der Waals surface area contributed by atoms with E-state index in [1.807, 2.05) is 37.4 Å². The maximum atomic E-state index is 12.2. The number of rotatable bonds is 4. The molecule has 1 aliphatic heterocycles. The fraction of sp³-hybridized carbons (Fsp3) is 0.533. The molecule has 1 fully saturated rings. The van der Waals surface area contributed by atoms with Crippen LogP contribution in [-0.4, -0.2) is 66.4 Å². The first kappa shape index (κ1) is 17.7. The van der Waals surface area contributed by atoms with Crippen molar-refractivity contribution in [2.45, 2.75) is 18.4 Å². The van der Waals surface area contributed by atoms with E-state index in [4.69, 9.17) is 0 Å². The quantitative estimate of drug-likeness (QED) is 0.863. The van der Waals surface area contributed by atoms with E-state index in [0.717, 1.165) is 5.56 Å². The predicted molar refractivity (Wildman–Crippen MR) is 78.5 cm³/mol. The molecule has 0 aliphatic carbocycles. The van der Waals surface area contributed by atoms with Gasteiger partial charge >= 0.3 is 12.1 Å². The summed E-state index contributed by atoms with van der Waals surface area (Å²) in [6.45, 7) is 1.37. The number of hydrogen-bond acceptors (Lipinski definition) is 4. The van der Waals surface area contributed by atoms with E-state index in [-0.39, 0.29) is 6.04 Å². The molecule has 0 saturated carbocycles. The first-order chi connectivity index (χ1) is 10.8. The molecule has 1 aromatic rings. The lowest BCUT2D eigenvalue weighted by molar-refractivity contribution is -0.174. The largest absolute Gasteiger partial charge is 0.471 e. The summed E-state index contributed by atoms with van der Waals surface area (Å²) >= 11 is 0. The van der Waals surface area contributed by atoms with E-state index in [2.05, 4.69) is 4.90 Å². The highest BCUT2D eigenvalue weighted by atomic mass is 19.4. The second-order valence-electron chi connectivity index (χ2n) is 5.61. The summed E-state index contributed by atoms with van der Waals surface area (Å²) in [7, 11) is 1.95. The second-order valence-corrected chi connectivity index (χ2v) is 5.61. The number of carbonyl (C=O) groups is 1. The number of aliphatic hydroxyl groups is 1. The molecule has 0 aromatic heterocycles. The predicted octanol–water partition coefficient (Wildman–Crippen LogP) is 0.972. The normalized spacial score (nSPS) is 21.9. The smallest absolute Gasteiger partial charge is 0.376 e. The Labute approximate surface area is 132 Å². The van der Waals surface area contributed by atoms with Crippen molar-refractivity contribution >= 4 is 5.91 Å². The molecule has 1 saturated heterocycles. The third kappa shape index (κ3) is 4.66. The third-order valence-corrected chi connectivity index (χ3v) is 3.89. The molecular weight excluding hydrogens is 311 g/mol. The standard InChI is InChI=1S/C15H20F3N3O2/c1-20-7-8-21(12(10-20)11-5-3-2-4-6-11)13(22)9-19-14(23)15(16,17)18/h2-6,12-13,22H,7-10H2,1H3,(H,19,23). The fourth-order valence-electron chi connectivity index (χ4n) is 2.66. The van der Waals surface area contributed by atoms with E-state index in [1.54, 1.807) is 10.2 Å². The van der Waals surface area contributed by atoms with Gasteiger partial charge in [0.1, 0.15) is 6.23 Å². The van der Waals surface area contributed by atoms with Gasteiger partial charge in [0.05, 0.1) is 6.54 Å². The molecule has 0 bridgehead atoms. The molecule has 2 rings (SSSR count). The molecule has 2 atom stereocenters. The van der Waals surface area contributed by atoms with Crippen molar-refractivity contribution in [2.24, 2.45) is 0 Å². The minimum atomic E-state index is -4.94. The maximum Gasteiger partial charge on any atom is 0.471 e. The molecule has 2 N–H and O–H groups in total. The van der Waals surface area contributed by atoms with E-state index in [0.29, 0.717) is 19.6 Å². The Bertz CT molecular complexity index is 524. The van der Waals surface area contributed by atoms with Crippen molar-refractivity contribution in [1.29, 1.82) is 0 Å². The Morgan fingerprint density at radius 3 is 2.61 bits per heavy atom. The zero-order chi connectivity index (χ0) is 17.0. The van der Waals surface area contributed by atoms with Crippen LogP contribution < -0.4 is 5.32 Å². The molecule has 23 heavy (non-hydrogen) atoms. The van der Waals surface area contributed by atoms with Crippen LogP contribution in [0.2, 0.25) is 0 Å². The minimum Gasteiger partial charge on any atom is -0.376 e. The Hall–Kier alpha value is -1.64. The number of alkyl halides is 3. The number of nitrogens with zero attached hydrogens (tertiary/aromatic N) is 2. The molecule has 1 aliphatic rings. The molecular formula is C15H20F3N3O2. The molecule has 8 heteroatoms. The lowest BCUT2D eigenvalue weighted by Crippen LogP contribution is -2.54. The van der Waals surface area contributed by atoms with E-state index in [1.165, 1.54) is 0 Å². The van der Waals surface area contributed by atoms with Gasteiger partial charge in [-0.25, -0.2) is 0 Å². The molecule has 5 nitrogen and oxygen atoms in total. The van der Waals surface area contributed by atoms with Crippen LogP contribution in [0.25, 0.3) is 0 Å². The van der Waals surface area contributed by atoms with Gasteiger partial charge in [-0.2, -0.15) is 13.2 Å². The molecule has 2 unspecified atom stereocenters. The zero-order valence-electron chi connectivity index (χ0n) is 12.8. The van der Waals surface area contributed by atoms with Crippen LogP contribution >= 0.6 is 0 Å². The number of benzene rings is 1. The topological polar surface area (TPSA) is 55.8 Å². The van der Waals surface area contributed by atoms with Crippen LogP contribution in [0.3, 0.4) is 0 Å². The summed E-state index contributed by atoms with van der Waals surface area (Å²) in [5.74, 6) is -2.04. The maximum absolute atomic E-state index is 12.2. The average molecular weight is 331 g/mol. The first-order valence-corrected chi connectivity index (χ1v) is 7.31. The SMILES string of the molecule is CN1CCN(C(O)CNC(=O)C(F)(F)F)C(c2ccccc2)C1. The second kappa shape index (κ2) is 7.29. The van der Waals surface area contributed by atoms with Gasteiger partial charge in [-0.05, 0) is 12.6 Å². The fourth-order valence-corrected chi connectivity index (χ4v) is 2.66. The van der Waals surface area contributed by atoms with Crippen molar-refractivity contribution in [1.82, 2.24) is 15.1 Å². The van der Waals surface area contributed by atoms with Crippen LogP contribution in [0.4, 0.5) is 13.2 Å². The average Bonchev–Trinajstić information content (AvgIpc) is 2.52. The summed E-state index contributed by atoms with van der Waals surface area (Å²) in [4.78, 5) is 14.7. The summed E-state index contributed by atoms with van der Waals surface area (Å²) in [5.41, 5.74) is 0.972. The Balaban J connectivity index is 2.04. The molecule has 1 amide bonds. The molecule has 128 valence electrons. The summed E-state index contributed by atoms with van der Waals surface area (Å²) < 4.78 is 36.7. The van der Waals surface area contributed by atoms with E-state index < -0.39 is 24.9 Å². The van der Waals surface area contributed by atoms with Crippen LogP contribution in [-0.2, 0) is 4.79 Å². The molecule has 1 aromatic carbocycles. The number of aliphatic hydroxyl groups excluding tert-OH is 1. The monoisotopic (exact) mass is 331 g/mol. The number of amides is 1. The van der Waals surface area contributed by atoms with E-state index >= 15 is 0 Å². The Morgan fingerprint density at radius 1 is 1.35 bits per heavy atom. The third-order valence-electron chi connectivity index (χ3n) is 3.89. The van der Waals surface area contributed by atoms with Gasteiger partial charge in [0.2, 0.25) is 0 Å². The van der Waals surface area contributed by atoms with Gasteiger partial charge in [0.25, 0.3) is 0 Å². The number of nitrogens with one attached hydrogen (secondary N) is 1. The van der Waals surface area contributed by atoms with E-state index in [9.17, 15) is 23.1 Å². The van der Waals surface area contributed by atoms with Gasteiger partial charge in [-0.15, -0.1) is 0 Å². The highest BCUT2D eigenvalue weighted by Crippen LogP contribution is 2.26. The van der Waals surface area contributed by atoms with Crippen molar-refractivity contribution in [2.75, 3.05) is 33.2 Å². The Morgan fingerprint density at radius 2 is 2.00 bits per heavy atom. The summed E-state index contributed by atoms with van der Waals surface area (Å²) in [6, 6.07) is 9.31. The van der Waals surface area contributed by atoms with Crippen molar-refractivity contribution in [3.63, 3.8) is 0 Å². The highest BCUT2D eigenvalue weighted by molar-refractivity contribution is 5.81. The van der Waals surface area contributed by atoms with Gasteiger partial charge in [0, 0.05) is 25.7 Å². The lowest BCUT2D eigenvalue weighted by Gasteiger charge is -2.42. The van der Waals surface area contributed by atoms with Gasteiger partial charge in [-0.1, -0.05) is 30.3 Å².